The molecule has 0 saturated heterocycles. The average Bonchev–Trinajstić information content (AvgIpc) is 3.16. The monoisotopic (exact) mass is 403 g/mol. The van der Waals surface area contributed by atoms with Crippen molar-refractivity contribution in [2.75, 3.05) is 0 Å². The van der Waals surface area contributed by atoms with E-state index in [9.17, 15) is 14.7 Å². The van der Waals surface area contributed by atoms with Crippen molar-refractivity contribution < 1.29 is 19.8 Å². The molecule has 2 atom stereocenters. The molecule has 30 heavy (non-hydrogen) atoms. The van der Waals surface area contributed by atoms with Gasteiger partial charge in [0.05, 0.1) is 11.8 Å². The Morgan fingerprint density at radius 2 is 1.57 bits per heavy atom. The minimum Gasteiger partial charge on any atom is -0.480 e. The highest BCUT2D eigenvalue weighted by Crippen LogP contribution is 2.18. The van der Waals surface area contributed by atoms with Crippen LogP contribution in [-0.4, -0.2) is 44.0 Å². The van der Waals surface area contributed by atoms with E-state index in [-0.39, 0.29) is 5.56 Å². The van der Waals surface area contributed by atoms with Crippen LogP contribution in [-0.2, 0) is 11.8 Å². The van der Waals surface area contributed by atoms with Crippen LogP contribution < -0.4 is 5.32 Å². The van der Waals surface area contributed by atoms with Gasteiger partial charge in [-0.15, -0.1) is 0 Å². The Kier molecular flexibility index (Phi) is 6.30. The van der Waals surface area contributed by atoms with Crippen LogP contribution in [0.15, 0.2) is 60.8 Å². The van der Waals surface area contributed by atoms with E-state index >= 15 is 0 Å². The zero-order valence-electron chi connectivity index (χ0n) is 16.5. The third-order valence-electron chi connectivity index (χ3n) is 4.53. The third kappa shape index (κ3) is 4.93. The standard InChI is InChI=1S/C23H21N3O4/c1-15(27)21(23(29)30)25-22(28)19-11-7-17(8-12-19)4-3-16-5-9-18(10-6-16)20-13-14-24-26(20)2/h5-15,21,27H,1-2H3,(H,25,28)(H,29,30)/t15-,21+/m1/s1. The molecule has 3 aromatic rings. The van der Waals surface area contributed by atoms with E-state index in [0.717, 1.165) is 16.8 Å². The number of benzene rings is 2. The van der Waals surface area contributed by atoms with Crippen molar-refractivity contribution in [3.63, 3.8) is 0 Å². The first-order valence-electron chi connectivity index (χ1n) is 9.27. The Hall–Kier alpha value is -3.89. The van der Waals surface area contributed by atoms with Gasteiger partial charge in [-0.25, -0.2) is 4.79 Å². The van der Waals surface area contributed by atoms with Gasteiger partial charge >= 0.3 is 5.97 Å². The van der Waals surface area contributed by atoms with Gasteiger partial charge in [0.2, 0.25) is 0 Å². The average molecular weight is 403 g/mol. The quantitative estimate of drug-likeness (QED) is 0.566. The lowest BCUT2D eigenvalue weighted by molar-refractivity contribution is -0.141. The summed E-state index contributed by atoms with van der Waals surface area (Å²) in [6, 6.07) is 14.9. The maximum Gasteiger partial charge on any atom is 0.328 e. The topological polar surface area (TPSA) is 104 Å². The van der Waals surface area contributed by atoms with E-state index in [2.05, 4.69) is 22.3 Å². The first-order valence-corrected chi connectivity index (χ1v) is 9.27. The molecule has 2 aromatic carbocycles. The molecule has 1 aromatic heterocycles. The number of rotatable bonds is 5. The number of aliphatic hydroxyl groups excluding tert-OH is 1. The minimum absolute atomic E-state index is 0.285. The van der Waals surface area contributed by atoms with E-state index in [0.29, 0.717) is 5.56 Å². The van der Waals surface area contributed by atoms with Gasteiger partial charge in [0.15, 0.2) is 6.04 Å². The predicted octanol–water partition coefficient (Wildman–Crippen LogP) is 2.05. The normalized spacial score (nSPS) is 12.4. The predicted molar refractivity (Wildman–Crippen MR) is 112 cm³/mol. The first kappa shape index (κ1) is 20.8. The molecule has 3 N–H and O–H groups in total. The number of carboxylic acid groups (broad SMARTS) is 1. The number of carbonyl (C=O) groups is 2. The maximum atomic E-state index is 12.2. The molecular weight excluding hydrogens is 382 g/mol. The fraction of sp³-hybridized carbons (Fsp3) is 0.174. The largest absolute Gasteiger partial charge is 0.480 e. The molecule has 3 rings (SSSR count). The number of hydrogen-bond acceptors (Lipinski definition) is 4. The van der Waals surface area contributed by atoms with Crippen molar-refractivity contribution in [3.8, 4) is 23.1 Å². The van der Waals surface area contributed by atoms with Crippen LogP contribution in [0.2, 0.25) is 0 Å². The summed E-state index contributed by atoms with van der Waals surface area (Å²) in [5, 5.41) is 25.0. The van der Waals surface area contributed by atoms with Crippen LogP contribution in [0.25, 0.3) is 11.3 Å². The van der Waals surface area contributed by atoms with Crippen molar-refractivity contribution in [2.24, 2.45) is 7.05 Å². The van der Waals surface area contributed by atoms with Crippen LogP contribution in [0.1, 0.15) is 28.4 Å². The second-order valence-electron chi connectivity index (χ2n) is 6.77. The van der Waals surface area contributed by atoms with Gasteiger partial charge in [-0.1, -0.05) is 24.0 Å². The number of nitrogens with one attached hydrogen (secondary N) is 1. The van der Waals surface area contributed by atoms with E-state index in [4.69, 9.17) is 5.11 Å². The summed E-state index contributed by atoms with van der Waals surface area (Å²) in [5.41, 5.74) is 3.92. The van der Waals surface area contributed by atoms with E-state index in [1.165, 1.54) is 6.92 Å². The fourth-order valence-electron chi connectivity index (χ4n) is 2.84. The lowest BCUT2D eigenvalue weighted by Gasteiger charge is -2.16. The summed E-state index contributed by atoms with van der Waals surface area (Å²) < 4.78 is 1.80. The maximum absolute atomic E-state index is 12.2. The molecule has 0 saturated carbocycles. The second kappa shape index (κ2) is 9.07. The highest BCUT2D eigenvalue weighted by atomic mass is 16.4. The van der Waals surface area contributed by atoms with Gasteiger partial charge in [0.1, 0.15) is 0 Å². The summed E-state index contributed by atoms with van der Waals surface area (Å²) in [5.74, 6) is 4.24. The molecule has 0 fully saturated rings. The molecule has 0 bridgehead atoms. The van der Waals surface area contributed by atoms with E-state index < -0.39 is 24.0 Å². The molecule has 0 radical (unpaired) electrons. The fourth-order valence-corrected chi connectivity index (χ4v) is 2.84. The van der Waals surface area contributed by atoms with Crippen LogP contribution in [0.3, 0.4) is 0 Å². The van der Waals surface area contributed by atoms with Crippen molar-refractivity contribution in [1.29, 1.82) is 0 Å². The molecule has 0 aliphatic carbocycles. The van der Waals surface area contributed by atoms with Gasteiger partial charge < -0.3 is 15.5 Å². The third-order valence-corrected chi connectivity index (χ3v) is 4.53. The number of aromatic nitrogens is 2. The number of carboxylic acids is 1. The number of amides is 1. The summed E-state index contributed by atoms with van der Waals surface area (Å²) in [6.45, 7) is 1.31. The van der Waals surface area contributed by atoms with Gasteiger partial charge in [-0.3, -0.25) is 9.48 Å². The summed E-state index contributed by atoms with van der Waals surface area (Å²) >= 11 is 0. The lowest BCUT2D eigenvalue weighted by Crippen LogP contribution is -2.47. The van der Waals surface area contributed by atoms with Gasteiger partial charge in [0, 0.05) is 29.9 Å². The molecule has 0 spiro atoms. The van der Waals surface area contributed by atoms with Crippen molar-refractivity contribution in [2.45, 2.75) is 19.1 Å². The van der Waals surface area contributed by atoms with Crippen molar-refractivity contribution in [1.82, 2.24) is 15.1 Å². The molecule has 0 aliphatic heterocycles. The van der Waals surface area contributed by atoms with Gasteiger partial charge in [-0.05, 0) is 55.0 Å². The summed E-state index contributed by atoms with van der Waals surface area (Å²) in [4.78, 5) is 23.3. The van der Waals surface area contributed by atoms with Gasteiger partial charge in [0.25, 0.3) is 5.91 Å². The van der Waals surface area contributed by atoms with E-state index in [1.807, 2.05) is 37.4 Å². The second-order valence-corrected chi connectivity index (χ2v) is 6.77. The summed E-state index contributed by atoms with van der Waals surface area (Å²) in [7, 11) is 1.89. The summed E-state index contributed by atoms with van der Waals surface area (Å²) in [6.07, 6.45) is 0.542. The Labute approximate surface area is 174 Å². The molecule has 7 heteroatoms. The van der Waals surface area contributed by atoms with Crippen LogP contribution >= 0.6 is 0 Å². The van der Waals surface area contributed by atoms with Crippen LogP contribution in [0, 0.1) is 11.8 Å². The lowest BCUT2D eigenvalue weighted by atomic mass is 10.1. The molecule has 1 heterocycles. The number of aliphatic carboxylic acids is 1. The molecule has 0 aliphatic rings. The number of aliphatic hydroxyl groups is 1. The first-order chi connectivity index (χ1) is 14.3. The number of carbonyl (C=O) groups excluding carboxylic acids is 1. The number of hydrogen-bond donors (Lipinski definition) is 3. The highest BCUT2D eigenvalue weighted by Gasteiger charge is 2.25. The molecule has 0 unspecified atom stereocenters. The number of nitrogens with zero attached hydrogens (tertiary/aromatic N) is 2. The zero-order chi connectivity index (χ0) is 21.7. The van der Waals surface area contributed by atoms with Crippen molar-refractivity contribution in [3.05, 3.63) is 77.5 Å². The zero-order valence-corrected chi connectivity index (χ0v) is 16.5. The smallest absolute Gasteiger partial charge is 0.328 e. The number of aryl methyl sites for hydroxylation is 1. The van der Waals surface area contributed by atoms with E-state index in [1.54, 1.807) is 35.1 Å². The van der Waals surface area contributed by atoms with Crippen LogP contribution in [0.5, 0.6) is 0 Å². The SMILES string of the molecule is C[C@@H](O)[C@H](NC(=O)c1ccc(C#Cc2ccc(-c3ccnn3C)cc2)cc1)C(=O)O. The van der Waals surface area contributed by atoms with Gasteiger partial charge in [-0.2, -0.15) is 5.10 Å². The Balaban J connectivity index is 1.68. The van der Waals surface area contributed by atoms with Crippen molar-refractivity contribution >= 4 is 11.9 Å². The Morgan fingerprint density at radius 3 is 2.03 bits per heavy atom. The Morgan fingerprint density at radius 1 is 1.00 bits per heavy atom. The molecule has 152 valence electrons. The molecule has 7 nitrogen and oxygen atoms in total. The van der Waals surface area contributed by atoms with Crippen LogP contribution in [0.4, 0.5) is 0 Å². The minimum atomic E-state index is -1.37. The highest BCUT2D eigenvalue weighted by molar-refractivity contribution is 5.96. The molecule has 1 amide bonds. The Bertz CT molecular complexity index is 1100. The molecular formula is C23H21N3O4.